The first-order chi connectivity index (χ1) is 11.0. The molecule has 0 aliphatic carbocycles. The predicted molar refractivity (Wildman–Crippen MR) is 87.7 cm³/mol. The number of carbonyl (C=O) groups is 1. The minimum absolute atomic E-state index is 0.0740. The number of ketones is 1. The zero-order valence-corrected chi connectivity index (χ0v) is 13.8. The number of ether oxygens (including phenoxy) is 1. The van der Waals surface area contributed by atoms with E-state index < -0.39 is 10.0 Å². The number of fused-ring (bicyclic) bond motifs is 1. The number of rotatable bonds is 3. The number of anilines is 1. The Hall–Kier alpha value is -2.34. The first kappa shape index (κ1) is 15.6. The number of hydrogen-bond donors (Lipinski definition) is 0. The maximum absolute atomic E-state index is 13.1. The van der Waals surface area contributed by atoms with Crippen LogP contribution in [0.5, 0.6) is 5.75 Å². The Labute approximate surface area is 135 Å². The SMILES string of the molecule is COc1cccc2c1N(S(=O)(=O)c1ccccc1C)CCC2=O. The first-order valence-corrected chi connectivity index (χ1v) is 8.69. The number of nitrogens with zero attached hydrogens (tertiary/aromatic N) is 1. The van der Waals surface area contributed by atoms with E-state index in [0.29, 0.717) is 22.6 Å². The summed E-state index contributed by atoms with van der Waals surface area (Å²) in [5, 5.41) is 0. The molecule has 0 N–H and O–H groups in total. The number of methoxy groups -OCH3 is 1. The third kappa shape index (κ3) is 2.49. The van der Waals surface area contributed by atoms with Crippen molar-refractivity contribution in [2.75, 3.05) is 18.0 Å². The normalized spacial score (nSPS) is 14.5. The molecule has 0 bridgehead atoms. The number of Topliss-reactive ketones (excluding diaryl/α,β-unsaturated/α-hetero) is 1. The van der Waals surface area contributed by atoms with Gasteiger partial charge in [-0.25, -0.2) is 8.42 Å². The van der Waals surface area contributed by atoms with E-state index in [0.717, 1.165) is 0 Å². The summed E-state index contributed by atoms with van der Waals surface area (Å²) in [4.78, 5) is 12.4. The Morgan fingerprint density at radius 3 is 2.52 bits per heavy atom. The van der Waals surface area contributed by atoms with Crippen LogP contribution in [0.2, 0.25) is 0 Å². The van der Waals surface area contributed by atoms with Crippen molar-refractivity contribution >= 4 is 21.5 Å². The third-order valence-electron chi connectivity index (χ3n) is 3.97. The van der Waals surface area contributed by atoms with E-state index in [1.165, 1.54) is 11.4 Å². The molecule has 1 aliphatic heterocycles. The molecule has 3 rings (SSSR count). The van der Waals surface area contributed by atoms with Crippen LogP contribution in [0.4, 0.5) is 5.69 Å². The van der Waals surface area contributed by atoms with Gasteiger partial charge in [-0.05, 0) is 30.7 Å². The van der Waals surface area contributed by atoms with Gasteiger partial charge in [0.2, 0.25) is 0 Å². The molecule has 1 aliphatic rings. The van der Waals surface area contributed by atoms with Crippen LogP contribution < -0.4 is 9.04 Å². The Bertz CT molecular complexity index is 874. The maximum Gasteiger partial charge on any atom is 0.264 e. The summed E-state index contributed by atoms with van der Waals surface area (Å²) in [5.41, 5.74) is 1.38. The summed E-state index contributed by atoms with van der Waals surface area (Å²) in [6.07, 6.45) is 0.158. The van der Waals surface area contributed by atoms with Gasteiger partial charge in [-0.2, -0.15) is 0 Å². The smallest absolute Gasteiger partial charge is 0.264 e. The van der Waals surface area contributed by atoms with Gasteiger partial charge in [0, 0.05) is 18.5 Å². The second kappa shape index (κ2) is 5.70. The largest absolute Gasteiger partial charge is 0.495 e. The Morgan fingerprint density at radius 1 is 1.09 bits per heavy atom. The summed E-state index contributed by atoms with van der Waals surface area (Å²) >= 11 is 0. The van der Waals surface area contributed by atoms with Crippen molar-refractivity contribution in [1.29, 1.82) is 0 Å². The predicted octanol–water partition coefficient (Wildman–Crippen LogP) is 2.79. The van der Waals surface area contributed by atoms with Crippen molar-refractivity contribution in [3.63, 3.8) is 0 Å². The zero-order valence-electron chi connectivity index (χ0n) is 12.9. The molecule has 1 heterocycles. The summed E-state index contributed by atoms with van der Waals surface area (Å²) in [6, 6.07) is 11.8. The Balaban J connectivity index is 2.22. The van der Waals surface area contributed by atoms with Gasteiger partial charge in [0.25, 0.3) is 10.0 Å². The van der Waals surface area contributed by atoms with Gasteiger partial charge in [0.15, 0.2) is 5.78 Å². The lowest BCUT2D eigenvalue weighted by Gasteiger charge is -2.31. The minimum atomic E-state index is -3.76. The van der Waals surface area contributed by atoms with Crippen LogP contribution in [-0.4, -0.2) is 27.9 Å². The molecule has 23 heavy (non-hydrogen) atoms. The zero-order chi connectivity index (χ0) is 16.6. The van der Waals surface area contributed by atoms with Gasteiger partial charge >= 0.3 is 0 Å². The van der Waals surface area contributed by atoms with Crippen LogP contribution in [0.25, 0.3) is 0 Å². The summed E-state index contributed by atoms with van der Waals surface area (Å²) < 4.78 is 32.8. The fourth-order valence-corrected chi connectivity index (χ4v) is 4.55. The lowest BCUT2D eigenvalue weighted by atomic mass is 10.0. The maximum atomic E-state index is 13.1. The Kier molecular flexibility index (Phi) is 3.85. The van der Waals surface area contributed by atoms with Crippen molar-refractivity contribution in [3.8, 4) is 5.75 Å². The van der Waals surface area contributed by atoms with Crippen LogP contribution in [0.3, 0.4) is 0 Å². The molecule has 0 atom stereocenters. The highest BCUT2D eigenvalue weighted by Gasteiger charge is 2.35. The van der Waals surface area contributed by atoms with Crippen molar-refractivity contribution in [2.24, 2.45) is 0 Å². The van der Waals surface area contributed by atoms with E-state index in [1.807, 2.05) is 0 Å². The minimum Gasteiger partial charge on any atom is -0.495 e. The quantitative estimate of drug-likeness (QED) is 0.867. The molecule has 0 amide bonds. The third-order valence-corrected chi connectivity index (χ3v) is 5.93. The summed E-state index contributed by atoms with van der Waals surface area (Å²) in [7, 11) is -2.30. The molecule has 0 unspecified atom stereocenters. The number of sulfonamides is 1. The second-order valence-electron chi connectivity index (χ2n) is 5.37. The van der Waals surface area contributed by atoms with E-state index >= 15 is 0 Å². The molecule has 0 aromatic heterocycles. The van der Waals surface area contributed by atoms with Crippen molar-refractivity contribution in [3.05, 3.63) is 53.6 Å². The van der Waals surface area contributed by atoms with E-state index in [1.54, 1.807) is 49.4 Å². The molecular formula is C17H17NO4S. The van der Waals surface area contributed by atoms with Gasteiger partial charge in [-0.3, -0.25) is 9.10 Å². The van der Waals surface area contributed by atoms with Gasteiger partial charge in [-0.15, -0.1) is 0 Å². The van der Waals surface area contributed by atoms with Crippen LogP contribution in [0, 0.1) is 6.92 Å². The highest BCUT2D eigenvalue weighted by atomic mass is 32.2. The fraction of sp³-hybridized carbons (Fsp3) is 0.235. The number of para-hydroxylation sites is 1. The van der Waals surface area contributed by atoms with Crippen molar-refractivity contribution < 1.29 is 17.9 Å². The monoisotopic (exact) mass is 331 g/mol. The lowest BCUT2D eigenvalue weighted by Crippen LogP contribution is -2.38. The molecule has 6 heteroatoms. The standard InChI is InChI=1S/C17H17NO4S/c1-12-6-3-4-9-16(12)23(20,21)18-11-10-14(19)13-7-5-8-15(22-2)17(13)18/h3-9H,10-11H2,1-2H3. The Morgan fingerprint density at radius 2 is 1.83 bits per heavy atom. The van der Waals surface area contributed by atoms with Crippen molar-refractivity contribution in [2.45, 2.75) is 18.2 Å². The highest BCUT2D eigenvalue weighted by Crippen LogP contribution is 2.39. The van der Waals surface area contributed by atoms with E-state index in [2.05, 4.69) is 0 Å². The van der Waals surface area contributed by atoms with E-state index in [-0.39, 0.29) is 23.6 Å². The number of carbonyl (C=O) groups excluding carboxylic acids is 1. The molecule has 0 saturated heterocycles. The molecule has 0 radical (unpaired) electrons. The first-order valence-electron chi connectivity index (χ1n) is 7.25. The number of aryl methyl sites for hydroxylation is 1. The number of benzene rings is 2. The molecule has 120 valence electrons. The van der Waals surface area contributed by atoms with Gasteiger partial charge < -0.3 is 4.74 Å². The number of hydrogen-bond acceptors (Lipinski definition) is 4. The molecule has 0 fully saturated rings. The summed E-state index contributed by atoms with van der Waals surface area (Å²) in [6.45, 7) is 1.87. The van der Waals surface area contributed by atoms with Crippen molar-refractivity contribution in [1.82, 2.24) is 0 Å². The van der Waals surface area contributed by atoms with Crippen LogP contribution in [-0.2, 0) is 10.0 Å². The van der Waals surface area contributed by atoms with Gasteiger partial charge in [0.05, 0.1) is 12.0 Å². The topological polar surface area (TPSA) is 63.7 Å². The van der Waals surface area contributed by atoms with Gasteiger partial charge in [-0.1, -0.05) is 24.3 Å². The highest BCUT2D eigenvalue weighted by molar-refractivity contribution is 7.93. The molecule has 0 spiro atoms. The molecule has 2 aromatic rings. The van der Waals surface area contributed by atoms with Gasteiger partial charge in [0.1, 0.15) is 11.4 Å². The van der Waals surface area contributed by atoms with Crippen LogP contribution in [0.1, 0.15) is 22.3 Å². The van der Waals surface area contributed by atoms with E-state index in [9.17, 15) is 13.2 Å². The van der Waals surface area contributed by atoms with Crippen LogP contribution in [0.15, 0.2) is 47.4 Å². The average Bonchev–Trinajstić information content (AvgIpc) is 2.55. The molecule has 0 saturated carbocycles. The second-order valence-corrected chi connectivity index (χ2v) is 7.20. The van der Waals surface area contributed by atoms with Crippen LogP contribution >= 0.6 is 0 Å². The van der Waals surface area contributed by atoms with E-state index in [4.69, 9.17) is 4.74 Å². The molecule has 2 aromatic carbocycles. The lowest BCUT2D eigenvalue weighted by molar-refractivity contribution is 0.0981. The average molecular weight is 331 g/mol. The molecular weight excluding hydrogens is 314 g/mol. The summed E-state index contributed by atoms with van der Waals surface area (Å²) in [5.74, 6) is 0.308. The molecule has 5 nitrogen and oxygen atoms in total. The fourth-order valence-electron chi connectivity index (χ4n) is 2.82.